The van der Waals surface area contributed by atoms with Crippen LogP contribution in [0.15, 0.2) is 44.3 Å². The molecule has 0 amide bonds. The zero-order chi connectivity index (χ0) is 26.7. The number of hydrogen-bond acceptors (Lipinski definition) is 7. The molecule has 4 rings (SSSR count). The van der Waals surface area contributed by atoms with E-state index in [1.165, 1.54) is 4.31 Å². The second kappa shape index (κ2) is 11.5. The fraction of sp³-hybridized carbons (Fsp3) is 0.593. The van der Waals surface area contributed by atoms with Crippen LogP contribution in [-0.4, -0.2) is 86.4 Å². The Balaban J connectivity index is 1.67. The summed E-state index contributed by atoms with van der Waals surface area (Å²) in [5.41, 5.74) is 2.88. The van der Waals surface area contributed by atoms with Crippen LogP contribution in [0.5, 0.6) is 5.75 Å². The molecule has 1 aromatic carbocycles. The Morgan fingerprint density at radius 2 is 1.89 bits per heavy atom. The Morgan fingerprint density at radius 3 is 2.51 bits per heavy atom. The number of hydrogen-bond donors (Lipinski definition) is 0. The zero-order valence-corrected chi connectivity index (χ0v) is 23.0. The maximum absolute atomic E-state index is 13.6. The summed E-state index contributed by atoms with van der Waals surface area (Å²) >= 11 is 0. The molecule has 3 heterocycles. The number of rotatable bonds is 10. The number of ketones is 1. The minimum atomic E-state index is -3.72. The highest BCUT2D eigenvalue weighted by Crippen LogP contribution is 2.35. The number of Topliss-reactive ketones (excluding diaryl/α,β-unsaturated/α-hetero) is 1. The number of ether oxygens (including phenoxy) is 1. The quantitative estimate of drug-likeness (QED) is 0.457. The molecule has 0 spiro atoms. The summed E-state index contributed by atoms with van der Waals surface area (Å²) in [6, 6.07) is 4.75. The number of nitrogens with zero attached hydrogens (tertiary/aromatic N) is 4. The van der Waals surface area contributed by atoms with Gasteiger partial charge in [0.2, 0.25) is 10.0 Å². The van der Waals surface area contributed by atoms with Crippen LogP contribution in [0.1, 0.15) is 58.9 Å². The Hall–Kier alpha value is -2.43. The van der Waals surface area contributed by atoms with Crippen molar-refractivity contribution in [1.29, 1.82) is 0 Å². The average Bonchev–Trinajstić information content (AvgIpc) is 3.35. The van der Waals surface area contributed by atoms with E-state index in [0.29, 0.717) is 92.1 Å². The van der Waals surface area contributed by atoms with Gasteiger partial charge in [-0.1, -0.05) is 6.92 Å². The van der Waals surface area contributed by atoms with Crippen molar-refractivity contribution in [3.8, 4) is 5.75 Å². The van der Waals surface area contributed by atoms with Gasteiger partial charge in [-0.25, -0.2) is 13.4 Å². The number of allylic oxidation sites excluding steroid dienone is 1. The predicted molar refractivity (Wildman–Crippen MR) is 143 cm³/mol. The number of alkyl halides is 1. The third-order valence-corrected chi connectivity index (χ3v) is 9.09. The van der Waals surface area contributed by atoms with Crippen molar-refractivity contribution < 1.29 is 22.3 Å². The van der Waals surface area contributed by atoms with Gasteiger partial charge in [0.05, 0.1) is 35.3 Å². The molecule has 3 aliphatic heterocycles. The predicted octanol–water partition coefficient (Wildman–Crippen LogP) is 3.80. The number of carbonyl (C=O) groups is 1. The molecule has 0 aromatic heterocycles. The van der Waals surface area contributed by atoms with Gasteiger partial charge in [0.1, 0.15) is 11.8 Å². The summed E-state index contributed by atoms with van der Waals surface area (Å²) in [4.78, 5) is 24.9. The highest BCUT2D eigenvalue weighted by Gasteiger charge is 2.36. The second-order valence-electron chi connectivity index (χ2n) is 9.84. The maximum atomic E-state index is 13.6. The van der Waals surface area contributed by atoms with Crippen LogP contribution in [-0.2, 0) is 14.8 Å². The van der Waals surface area contributed by atoms with Crippen molar-refractivity contribution in [2.24, 2.45) is 9.98 Å². The summed E-state index contributed by atoms with van der Waals surface area (Å²) in [7, 11) is -3.72. The number of sulfonamides is 1. The van der Waals surface area contributed by atoms with Crippen LogP contribution in [0.3, 0.4) is 0 Å². The van der Waals surface area contributed by atoms with Crippen LogP contribution >= 0.6 is 0 Å². The van der Waals surface area contributed by atoms with E-state index in [1.54, 1.807) is 18.2 Å². The molecular weight excluding hydrogens is 495 g/mol. The zero-order valence-electron chi connectivity index (χ0n) is 22.2. The summed E-state index contributed by atoms with van der Waals surface area (Å²) in [5, 5.41) is 0. The van der Waals surface area contributed by atoms with Gasteiger partial charge >= 0.3 is 0 Å². The lowest BCUT2D eigenvalue weighted by Crippen LogP contribution is -2.50. The fourth-order valence-corrected chi connectivity index (χ4v) is 6.53. The minimum Gasteiger partial charge on any atom is -0.493 e. The summed E-state index contributed by atoms with van der Waals surface area (Å²) in [5.74, 6) is 0.455. The van der Waals surface area contributed by atoms with Gasteiger partial charge in [0.15, 0.2) is 5.78 Å². The van der Waals surface area contributed by atoms with Crippen molar-refractivity contribution in [3.63, 3.8) is 0 Å². The van der Waals surface area contributed by atoms with Gasteiger partial charge in [0, 0.05) is 49.8 Å². The van der Waals surface area contributed by atoms with Gasteiger partial charge in [0.25, 0.3) is 0 Å². The molecular formula is C27H37FN4O4S. The Bertz CT molecular complexity index is 1230. The summed E-state index contributed by atoms with van der Waals surface area (Å²) < 4.78 is 47.4. The van der Waals surface area contributed by atoms with Crippen LogP contribution < -0.4 is 4.74 Å². The SMILES string of the molecule is CCOc1ccc(S(=O)(=O)N2CCN(C(C)C)CC2)cc1C1=NC2=C(C1)C(=O)C(CC)N=C2CCCF. The summed E-state index contributed by atoms with van der Waals surface area (Å²) in [6.07, 6.45) is 1.56. The van der Waals surface area contributed by atoms with E-state index in [-0.39, 0.29) is 17.1 Å². The molecule has 8 nitrogen and oxygen atoms in total. The van der Waals surface area contributed by atoms with Crippen molar-refractivity contribution in [1.82, 2.24) is 9.21 Å². The monoisotopic (exact) mass is 532 g/mol. The molecule has 0 bridgehead atoms. The molecule has 1 fully saturated rings. The smallest absolute Gasteiger partial charge is 0.243 e. The topological polar surface area (TPSA) is 91.6 Å². The van der Waals surface area contributed by atoms with E-state index in [4.69, 9.17) is 9.73 Å². The van der Waals surface area contributed by atoms with Gasteiger partial charge in [-0.15, -0.1) is 0 Å². The fourth-order valence-electron chi connectivity index (χ4n) is 5.08. The average molecular weight is 533 g/mol. The normalized spacial score (nSPS) is 21.4. The van der Waals surface area contributed by atoms with Crippen molar-refractivity contribution in [2.75, 3.05) is 39.5 Å². The molecule has 1 atom stereocenters. The maximum Gasteiger partial charge on any atom is 0.243 e. The number of carbonyl (C=O) groups excluding carboxylic acids is 1. The molecule has 202 valence electrons. The van der Waals surface area contributed by atoms with E-state index >= 15 is 0 Å². The molecule has 0 N–H and O–H groups in total. The molecule has 0 saturated carbocycles. The number of piperazine rings is 1. The van der Waals surface area contributed by atoms with Gasteiger partial charge in [-0.3, -0.25) is 19.1 Å². The Kier molecular flexibility index (Phi) is 8.60. The van der Waals surface area contributed by atoms with E-state index in [0.717, 1.165) is 0 Å². The first-order valence-corrected chi connectivity index (χ1v) is 14.6. The first-order chi connectivity index (χ1) is 17.7. The standard InChI is InChI=1S/C27H37FN4O4S/c1-5-22-27(33)21-17-24(30-26(21)23(29-22)8-7-11-28)20-16-19(9-10-25(20)36-6-2)37(34,35)32-14-12-31(13-15-32)18(3)4/h9-10,16,18,22H,5-8,11-15,17H2,1-4H3. The van der Waals surface area contributed by atoms with Crippen LogP contribution in [0.4, 0.5) is 4.39 Å². The van der Waals surface area contributed by atoms with Gasteiger partial charge in [-0.05, 0) is 58.2 Å². The van der Waals surface area contributed by atoms with Gasteiger partial charge in [-0.2, -0.15) is 4.31 Å². The van der Waals surface area contributed by atoms with Crippen LogP contribution in [0, 0.1) is 0 Å². The van der Waals surface area contributed by atoms with Gasteiger partial charge < -0.3 is 4.74 Å². The van der Waals surface area contributed by atoms with Crippen molar-refractivity contribution >= 4 is 27.2 Å². The lowest BCUT2D eigenvalue weighted by atomic mass is 9.91. The third-order valence-electron chi connectivity index (χ3n) is 7.20. The third kappa shape index (κ3) is 5.56. The van der Waals surface area contributed by atoms with Crippen LogP contribution in [0.2, 0.25) is 0 Å². The molecule has 1 unspecified atom stereocenters. The number of benzene rings is 1. The second-order valence-corrected chi connectivity index (χ2v) is 11.8. The Morgan fingerprint density at radius 1 is 1.16 bits per heavy atom. The highest BCUT2D eigenvalue weighted by molar-refractivity contribution is 7.89. The number of aliphatic imine (C=N–C) groups is 2. The molecule has 1 saturated heterocycles. The van der Waals surface area contributed by atoms with E-state index in [2.05, 4.69) is 23.7 Å². The number of dihydropyridines is 1. The largest absolute Gasteiger partial charge is 0.493 e. The van der Waals surface area contributed by atoms with Crippen LogP contribution in [0.25, 0.3) is 0 Å². The first-order valence-electron chi connectivity index (χ1n) is 13.2. The van der Waals surface area contributed by atoms with Crippen molar-refractivity contribution in [2.45, 2.75) is 70.4 Å². The Labute approximate surface area is 219 Å². The minimum absolute atomic E-state index is 0.0648. The summed E-state index contributed by atoms with van der Waals surface area (Å²) in [6.45, 7) is 10.2. The van der Waals surface area contributed by atoms with E-state index in [1.807, 2.05) is 13.8 Å². The molecule has 3 aliphatic rings. The van der Waals surface area contributed by atoms with Crippen molar-refractivity contribution in [3.05, 3.63) is 35.0 Å². The number of halogens is 1. The lowest BCUT2D eigenvalue weighted by molar-refractivity contribution is -0.116. The van der Waals surface area contributed by atoms with E-state index < -0.39 is 22.7 Å². The molecule has 10 heteroatoms. The lowest BCUT2D eigenvalue weighted by Gasteiger charge is -2.36. The van der Waals surface area contributed by atoms with E-state index in [9.17, 15) is 17.6 Å². The molecule has 0 aliphatic carbocycles. The molecule has 1 aromatic rings. The molecule has 0 radical (unpaired) electrons. The highest BCUT2D eigenvalue weighted by atomic mass is 32.2. The molecule has 37 heavy (non-hydrogen) atoms. The first kappa shape index (κ1) is 27.6.